The van der Waals surface area contributed by atoms with E-state index >= 15 is 0 Å². The zero-order valence-corrected chi connectivity index (χ0v) is 16.2. The number of carbonyl (C=O) groups excluding carboxylic acids is 1. The van der Waals surface area contributed by atoms with Gasteiger partial charge < -0.3 is 4.90 Å². The Morgan fingerprint density at radius 2 is 1.22 bits per heavy atom. The summed E-state index contributed by atoms with van der Waals surface area (Å²) >= 11 is 1.58. The summed E-state index contributed by atoms with van der Waals surface area (Å²) < 4.78 is 0. The minimum absolute atomic E-state index is 0.133. The molecule has 0 amide bonds. The number of hydrogen-bond acceptors (Lipinski definition) is 3. The first-order chi connectivity index (χ1) is 13.2. The molecule has 1 unspecified atom stereocenters. The molecule has 3 aromatic rings. The second-order valence-corrected chi connectivity index (χ2v) is 7.56. The van der Waals surface area contributed by atoms with Gasteiger partial charge in [0.15, 0.2) is 4.87 Å². The maximum absolute atomic E-state index is 13.9. The van der Waals surface area contributed by atoms with Crippen molar-refractivity contribution >= 4 is 28.8 Å². The van der Waals surface area contributed by atoms with Crippen LogP contribution in [0.2, 0.25) is 0 Å². The van der Waals surface area contributed by atoms with Crippen LogP contribution in [0.25, 0.3) is 11.3 Å². The lowest BCUT2D eigenvalue weighted by Gasteiger charge is -2.36. The lowest BCUT2D eigenvalue weighted by atomic mass is 9.94. The van der Waals surface area contributed by atoms with Crippen LogP contribution in [0, 0.1) is 0 Å². The second kappa shape index (κ2) is 7.09. The highest BCUT2D eigenvalue weighted by molar-refractivity contribution is 8.00. The van der Waals surface area contributed by atoms with Gasteiger partial charge >= 0.3 is 0 Å². The molecule has 2 nitrogen and oxygen atoms in total. The highest BCUT2D eigenvalue weighted by atomic mass is 32.2. The number of carbonyl (C=O) groups is 1. The molecule has 1 aliphatic heterocycles. The van der Waals surface area contributed by atoms with Gasteiger partial charge in [0.05, 0.1) is 11.3 Å². The van der Waals surface area contributed by atoms with Crippen molar-refractivity contribution in [2.75, 3.05) is 13.3 Å². The quantitative estimate of drug-likeness (QED) is 0.622. The first kappa shape index (κ1) is 17.6. The molecule has 1 heterocycles. The molecule has 0 spiro atoms. The van der Waals surface area contributed by atoms with E-state index in [1.807, 2.05) is 92.2 Å². The molecule has 4 rings (SSSR count). The number of ketones is 1. The number of benzene rings is 3. The molecule has 1 atom stereocenters. The SMILES string of the molecule is CSC1(c2ccccc2)C(=O)C(c2ccccc2)=C(c2ccccc2)N1C. The van der Waals surface area contributed by atoms with Gasteiger partial charge in [0, 0.05) is 7.05 Å². The van der Waals surface area contributed by atoms with Crippen LogP contribution in [0.4, 0.5) is 0 Å². The van der Waals surface area contributed by atoms with E-state index in [-0.39, 0.29) is 5.78 Å². The Morgan fingerprint density at radius 1 is 0.741 bits per heavy atom. The summed E-state index contributed by atoms with van der Waals surface area (Å²) in [6, 6.07) is 30.2. The fourth-order valence-electron chi connectivity index (χ4n) is 3.90. The van der Waals surface area contributed by atoms with Gasteiger partial charge in [0.25, 0.3) is 0 Å². The summed E-state index contributed by atoms with van der Waals surface area (Å²) in [5.41, 5.74) is 4.77. The molecule has 27 heavy (non-hydrogen) atoms. The van der Waals surface area contributed by atoms with Crippen molar-refractivity contribution in [3.05, 3.63) is 108 Å². The predicted molar refractivity (Wildman–Crippen MR) is 114 cm³/mol. The molecule has 0 aliphatic carbocycles. The van der Waals surface area contributed by atoms with Crippen molar-refractivity contribution in [2.45, 2.75) is 4.87 Å². The van der Waals surface area contributed by atoms with Crippen LogP contribution in [-0.2, 0) is 9.67 Å². The standard InChI is InChI=1S/C24H21NOS/c1-25-22(19-14-8-4-9-15-19)21(18-12-6-3-7-13-18)23(26)24(25,27-2)20-16-10-5-11-17-20/h3-17H,1-2H3. The van der Waals surface area contributed by atoms with Gasteiger partial charge in [-0.25, -0.2) is 0 Å². The molecule has 1 aliphatic rings. The largest absolute Gasteiger partial charge is 0.349 e. The van der Waals surface area contributed by atoms with Gasteiger partial charge in [-0.05, 0) is 22.9 Å². The average molecular weight is 372 g/mol. The molecule has 0 saturated carbocycles. The number of rotatable bonds is 4. The highest BCUT2D eigenvalue weighted by Crippen LogP contribution is 2.52. The molecule has 0 fully saturated rings. The second-order valence-electron chi connectivity index (χ2n) is 6.56. The summed E-state index contributed by atoms with van der Waals surface area (Å²) in [6.07, 6.45) is 2.01. The Balaban J connectivity index is 1.99. The van der Waals surface area contributed by atoms with Crippen molar-refractivity contribution < 1.29 is 4.79 Å². The van der Waals surface area contributed by atoms with Crippen molar-refractivity contribution in [2.24, 2.45) is 0 Å². The third-order valence-electron chi connectivity index (χ3n) is 5.15. The van der Waals surface area contributed by atoms with Crippen LogP contribution in [0.1, 0.15) is 16.7 Å². The number of nitrogens with zero attached hydrogens (tertiary/aromatic N) is 1. The molecule has 3 heteroatoms. The van der Waals surface area contributed by atoms with Crippen molar-refractivity contribution in [3.63, 3.8) is 0 Å². The topological polar surface area (TPSA) is 20.3 Å². The van der Waals surface area contributed by atoms with Crippen molar-refractivity contribution in [1.29, 1.82) is 0 Å². The summed E-state index contributed by atoms with van der Waals surface area (Å²) in [5, 5.41) is 0. The van der Waals surface area contributed by atoms with E-state index in [1.165, 1.54) is 0 Å². The molecule has 3 aromatic carbocycles. The van der Waals surface area contributed by atoms with E-state index in [0.29, 0.717) is 0 Å². The Kier molecular flexibility index (Phi) is 4.63. The van der Waals surface area contributed by atoms with Crippen LogP contribution in [0.5, 0.6) is 0 Å². The van der Waals surface area contributed by atoms with Crippen LogP contribution in [0.3, 0.4) is 0 Å². The predicted octanol–water partition coefficient (Wildman–Crippen LogP) is 5.29. The normalized spacial score (nSPS) is 19.6. The molecule has 0 bridgehead atoms. The van der Waals surface area contributed by atoms with Gasteiger partial charge in [-0.15, -0.1) is 11.8 Å². The Labute approximate surface area is 164 Å². The summed E-state index contributed by atoms with van der Waals surface area (Å²) in [7, 11) is 2.03. The van der Waals surface area contributed by atoms with E-state index in [1.54, 1.807) is 11.8 Å². The molecule has 0 saturated heterocycles. The number of hydrogen-bond donors (Lipinski definition) is 0. The first-order valence-corrected chi connectivity index (χ1v) is 10.2. The fourth-order valence-corrected chi connectivity index (χ4v) is 4.92. The molecular formula is C24H21NOS. The van der Waals surface area contributed by atoms with Gasteiger partial charge in [0.1, 0.15) is 0 Å². The maximum Gasteiger partial charge on any atom is 0.206 e. The third-order valence-corrected chi connectivity index (χ3v) is 6.44. The highest BCUT2D eigenvalue weighted by Gasteiger charge is 2.52. The van der Waals surface area contributed by atoms with Crippen LogP contribution >= 0.6 is 11.8 Å². The lowest BCUT2D eigenvalue weighted by molar-refractivity contribution is -0.117. The lowest BCUT2D eigenvalue weighted by Crippen LogP contribution is -2.41. The Hall–Kier alpha value is -2.78. The van der Waals surface area contributed by atoms with Gasteiger partial charge in [-0.2, -0.15) is 0 Å². The van der Waals surface area contributed by atoms with E-state index < -0.39 is 4.87 Å². The molecule has 0 aromatic heterocycles. The molecule has 134 valence electrons. The minimum Gasteiger partial charge on any atom is -0.349 e. The first-order valence-electron chi connectivity index (χ1n) is 8.94. The van der Waals surface area contributed by atoms with Gasteiger partial charge in [-0.1, -0.05) is 91.0 Å². The summed E-state index contributed by atoms with van der Waals surface area (Å²) in [6.45, 7) is 0. The summed E-state index contributed by atoms with van der Waals surface area (Å²) in [5.74, 6) is 0.133. The van der Waals surface area contributed by atoms with Crippen LogP contribution < -0.4 is 0 Å². The fraction of sp³-hybridized carbons (Fsp3) is 0.125. The molecule has 0 radical (unpaired) electrons. The Morgan fingerprint density at radius 3 is 1.74 bits per heavy atom. The zero-order valence-electron chi connectivity index (χ0n) is 15.4. The maximum atomic E-state index is 13.9. The average Bonchev–Trinajstić information content (AvgIpc) is 2.97. The molecular weight excluding hydrogens is 350 g/mol. The van der Waals surface area contributed by atoms with Gasteiger partial charge in [0.2, 0.25) is 5.78 Å². The van der Waals surface area contributed by atoms with E-state index in [0.717, 1.165) is 28.0 Å². The number of Topliss-reactive ketones (excluding diaryl/α,β-unsaturated/α-hetero) is 1. The van der Waals surface area contributed by atoms with Gasteiger partial charge in [-0.3, -0.25) is 4.79 Å². The van der Waals surface area contributed by atoms with Crippen molar-refractivity contribution in [1.82, 2.24) is 4.90 Å². The van der Waals surface area contributed by atoms with E-state index in [4.69, 9.17) is 0 Å². The Bertz CT molecular complexity index is 983. The number of likely N-dealkylation sites (N-methyl/N-ethyl adjacent to an activating group) is 1. The van der Waals surface area contributed by atoms with E-state index in [2.05, 4.69) is 17.0 Å². The van der Waals surface area contributed by atoms with E-state index in [9.17, 15) is 4.79 Å². The van der Waals surface area contributed by atoms with Crippen molar-refractivity contribution in [3.8, 4) is 0 Å². The third kappa shape index (κ3) is 2.70. The van der Waals surface area contributed by atoms with Crippen LogP contribution in [0.15, 0.2) is 91.0 Å². The molecule has 0 N–H and O–H groups in total. The minimum atomic E-state index is -0.766. The summed E-state index contributed by atoms with van der Waals surface area (Å²) in [4.78, 5) is 15.3. The monoisotopic (exact) mass is 371 g/mol. The van der Waals surface area contributed by atoms with Crippen LogP contribution in [-0.4, -0.2) is 24.0 Å². The number of thioether (sulfide) groups is 1. The smallest absolute Gasteiger partial charge is 0.206 e. The zero-order chi connectivity index (χ0) is 18.9.